The van der Waals surface area contributed by atoms with Gasteiger partial charge in [0.15, 0.2) is 0 Å². The summed E-state index contributed by atoms with van der Waals surface area (Å²) < 4.78 is 0.718. The first-order valence-electron chi connectivity index (χ1n) is 9.01. The molecule has 0 radical (unpaired) electrons. The molecule has 28 heavy (non-hydrogen) atoms. The Bertz CT molecular complexity index is 927. The molecule has 1 heterocycles. The molecule has 1 saturated heterocycles. The molecule has 0 spiro atoms. The predicted octanol–water partition coefficient (Wildman–Crippen LogP) is 3.98. The molecule has 1 unspecified atom stereocenters. The van der Waals surface area contributed by atoms with Gasteiger partial charge in [-0.15, -0.1) is 0 Å². The summed E-state index contributed by atoms with van der Waals surface area (Å²) in [7, 11) is 0. The number of nitrogens with zero attached hydrogens (tertiary/aromatic N) is 1. The summed E-state index contributed by atoms with van der Waals surface area (Å²) in [6, 6.07) is 14.1. The Morgan fingerprint density at radius 3 is 2.39 bits per heavy atom. The highest BCUT2D eigenvalue weighted by atomic mass is 79.9. The summed E-state index contributed by atoms with van der Waals surface area (Å²) in [5, 5.41) is 5.43. The molecule has 146 valence electrons. The second-order valence-corrected chi connectivity index (χ2v) is 8.11. The van der Waals surface area contributed by atoms with Gasteiger partial charge in [-0.25, -0.2) is 4.79 Å². The minimum atomic E-state index is -1.19. The van der Waals surface area contributed by atoms with E-state index in [2.05, 4.69) is 40.4 Å². The van der Waals surface area contributed by atoms with Crippen LogP contribution >= 0.6 is 15.9 Å². The summed E-state index contributed by atoms with van der Waals surface area (Å²) in [6.07, 6.45) is 0. The molecule has 0 aliphatic carbocycles. The lowest BCUT2D eigenvalue weighted by molar-refractivity contribution is -0.133. The van der Waals surface area contributed by atoms with Crippen molar-refractivity contribution < 1.29 is 14.4 Å². The second-order valence-electron chi connectivity index (χ2n) is 7.25. The number of benzene rings is 2. The largest absolute Gasteiger partial charge is 0.325 e. The van der Waals surface area contributed by atoms with Crippen LogP contribution in [0.1, 0.15) is 37.8 Å². The van der Waals surface area contributed by atoms with E-state index in [4.69, 9.17) is 0 Å². The van der Waals surface area contributed by atoms with E-state index >= 15 is 0 Å². The fraction of sp³-hybridized carbons (Fsp3) is 0.286. The molecular formula is C21H22BrN3O3. The number of nitrogens with one attached hydrogen (secondary N) is 2. The van der Waals surface area contributed by atoms with Crippen molar-refractivity contribution in [3.05, 3.63) is 64.1 Å². The van der Waals surface area contributed by atoms with E-state index in [9.17, 15) is 14.4 Å². The number of amides is 4. The fourth-order valence-corrected chi connectivity index (χ4v) is 3.52. The maximum Gasteiger partial charge on any atom is 0.325 e. The first-order chi connectivity index (χ1) is 13.2. The SMILES string of the molecule is CC(C)c1ccc(C2(C)NC(=O)N(CC(=O)Nc3ccccc3Br)C2=O)cc1. The Morgan fingerprint density at radius 2 is 1.79 bits per heavy atom. The molecule has 2 N–H and O–H groups in total. The van der Waals surface area contributed by atoms with Gasteiger partial charge in [-0.3, -0.25) is 14.5 Å². The van der Waals surface area contributed by atoms with Gasteiger partial charge in [-0.1, -0.05) is 50.2 Å². The molecule has 1 fully saturated rings. The van der Waals surface area contributed by atoms with E-state index in [1.807, 2.05) is 30.3 Å². The molecule has 4 amide bonds. The fourth-order valence-electron chi connectivity index (χ4n) is 3.13. The quantitative estimate of drug-likeness (QED) is 0.685. The average molecular weight is 444 g/mol. The van der Waals surface area contributed by atoms with Gasteiger partial charge >= 0.3 is 6.03 Å². The molecular weight excluding hydrogens is 422 g/mol. The number of rotatable bonds is 5. The third-order valence-corrected chi connectivity index (χ3v) is 5.57. The number of imide groups is 1. The van der Waals surface area contributed by atoms with E-state index in [0.717, 1.165) is 14.9 Å². The molecule has 7 heteroatoms. The predicted molar refractivity (Wildman–Crippen MR) is 111 cm³/mol. The van der Waals surface area contributed by atoms with Gasteiger partial charge in [0, 0.05) is 4.47 Å². The second kappa shape index (κ2) is 7.75. The molecule has 1 atom stereocenters. The Morgan fingerprint density at radius 1 is 1.14 bits per heavy atom. The van der Waals surface area contributed by atoms with E-state index in [-0.39, 0.29) is 6.54 Å². The van der Waals surface area contributed by atoms with Gasteiger partial charge < -0.3 is 10.6 Å². The van der Waals surface area contributed by atoms with Crippen LogP contribution in [0.25, 0.3) is 0 Å². The third-order valence-electron chi connectivity index (χ3n) is 4.88. The average Bonchev–Trinajstić information content (AvgIpc) is 2.88. The van der Waals surface area contributed by atoms with Crippen LogP contribution in [0, 0.1) is 0 Å². The van der Waals surface area contributed by atoms with Crippen LogP contribution in [0.4, 0.5) is 10.5 Å². The van der Waals surface area contributed by atoms with Gasteiger partial charge in [0.1, 0.15) is 12.1 Å². The number of anilines is 1. The van der Waals surface area contributed by atoms with Crippen molar-refractivity contribution in [2.24, 2.45) is 0 Å². The van der Waals surface area contributed by atoms with Crippen LogP contribution in [0.3, 0.4) is 0 Å². The van der Waals surface area contributed by atoms with Crippen molar-refractivity contribution in [1.29, 1.82) is 0 Å². The zero-order chi connectivity index (χ0) is 20.5. The van der Waals surface area contributed by atoms with Gasteiger partial charge in [-0.2, -0.15) is 0 Å². The number of carbonyl (C=O) groups is 3. The lowest BCUT2D eigenvalue weighted by Gasteiger charge is -2.22. The monoisotopic (exact) mass is 443 g/mol. The van der Waals surface area contributed by atoms with E-state index < -0.39 is 23.4 Å². The number of carbonyl (C=O) groups excluding carboxylic acids is 3. The summed E-state index contributed by atoms with van der Waals surface area (Å²) in [5.41, 5.74) is 1.21. The summed E-state index contributed by atoms with van der Waals surface area (Å²) in [5.74, 6) is -0.528. The summed E-state index contributed by atoms with van der Waals surface area (Å²) in [6.45, 7) is 5.48. The van der Waals surface area contributed by atoms with Gasteiger partial charge in [-0.05, 0) is 52.0 Å². The van der Waals surface area contributed by atoms with Crippen molar-refractivity contribution in [1.82, 2.24) is 10.2 Å². The molecule has 6 nitrogen and oxygen atoms in total. The number of hydrogen-bond acceptors (Lipinski definition) is 3. The zero-order valence-corrected chi connectivity index (χ0v) is 17.5. The highest BCUT2D eigenvalue weighted by molar-refractivity contribution is 9.10. The van der Waals surface area contributed by atoms with Gasteiger partial charge in [0.05, 0.1) is 5.69 Å². The molecule has 0 saturated carbocycles. The standard InChI is InChI=1S/C21H22BrN3O3/c1-13(2)14-8-10-15(11-9-14)21(3)19(27)25(20(28)24-21)12-18(26)23-17-7-5-4-6-16(17)22/h4-11,13H,12H2,1-3H3,(H,23,26)(H,24,28). The Labute approximate surface area is 172 Å². The van der Waals surface area contributed by atoms with Crippen molar-refractivity contribution in [3.8, 4) is 0 Å². The minimum absolute atomic E-state index is 0.355. The maximum atomic E-state index is 13.0. The molecule has 2 aromatic rings. The van der Waals surface area contributed by atoms with Gasteiger partial charge in [0.25, 0.3) is 5.91 Å². The highest BCUT2D eigenvalue weighted by Gasteiger charge is 2.49. The highest BCUT2D eigenvalue weighted by Crippen LogP contribution is 2.30. The number of halogens is 1. The minimum Gasteiger partial charge on any atom is -0.324 e. The molecule has 0 aromatic heterocycles. The van der Waals surface area contributed by atoms with Crippen LogP contribution in [0.15, 0.2) is 53.0 Å². The van der Waals surface area contributed by atoms with Crippen molar-refractivity contribution in [3.63, 3.8) is 0 Å². The van der Waals surface area contributed by atoms with E-state index in [1.165, 1.54) is 0 Å². The molecule has 1 aliphatic rings. The molecule has 1 aliphatic heterocycles. The first kappa shape index (κ1) is 20.1. The van der Waals surface area contributed by atoms with Crippen LogP contribution < -0.4 is 10.6 Å². The van der Waals surface area contributed by atoms with Crippen LogP contribution in [-0.2, 0) is 15.1 Å². The van der Waals surface area contributed by atoms with E-state index in [0.29, 0.717) is 17.2 Å². The van der Waals surface area contributed by atoms with Crippen LogP contribution in [0.5, 0.6) is 0 Å². The molecule has 0 bridgehead atoms. The van der Waals surface area contributed by atoms with Crippen LogP contribution in [-0.4, -0.2) is 29.3 Å². The topological polar surface area (TPSA) is 78.5 Å². The molecule has 3 rings (SSSR count). The Balaban J connectivity index is 1.75. The summed E-state index contributed by atoms with van der Waals surface area (Å²) in [4.78, 5) is 38.7. The zero-order valence-electron chi connectivity index (χ0n) is 16.0. The van der Waals surface area contributed by atoms with Crippen molar-refractivity contribution >= 4 is 39.5 Å². The van der Waals surface area contributed by atoms with Crippen molar-refractivity contribution in [2.45, 2.75) is 32.2 Å². The van der Waals surface area contributed by atoms with Crippen LogP contribution in [0.2, 0.25) is 0 Å². The third kappa shape index (κ3) is 3.80. The van der Waals surface area contributed by atoms with Gasteiger partial charge in [0.2, 0.25) is 5.91 Å². The normalized spacial score (nSPS) is 19.1. The molecule has 2 aromatic carbocycles. The number of hydrogen-bond donors (Lipinski definition) is 2. The van der Waals surface area contributed by atoms with E-state index in [1.54, 1.807) is 25.1 Å². The lowest BCUT2D eigenvalue weighted by Crippen LogP contribution is -2.42. The lowest BCUT2D eigenvalue weighted by atomic mass is 9.90. The first-order valence-corrected chi connectivity index (χ1v) is 9.80. The number of urea groups is 1. The summed E-state index contributed by atoms with van der Waals surface area (Å²) >= 11 is 3.35. The smallest absolute Gasteiger partial charge is 0.324 e. The maximum absolute atomic E-state index is 13.0. The number of para-hydroxylation sites is 1. The Hall–Kier alpha value is -2.67. The Kier molecular flexibility index (Phi) is 5.56. The van der Waals surface area contributed by atoms with Crippen molar-refractivity contribution in [2.75, 3.05) is 11.9 Å².